The van der Waals surface area contributed by atoms with Gasteiger partial charge in [-0.1, -0.05) is 0 Å². The minimum absolute atomic E-state index is 0. The summed E-state index contributed by atoms with van der Waals surface area (Å²) in [6.45, 7) is 0. The second kappa shape index (κ2) is 4.34. The van der Waals surface area contributed by atoms with Gasteiger partial charge in [0, 0.05) is 5.69 Å². The third-order valence-electron chi connectivity index (χ3n) is 1.38. The van der Waals surface area contributed by atoms with Crippen LogP contribution in [0.25, 0.3) is 0 Å². The minimum Gasteiger partial charge on any atom is -0.324 e. The van der Waals surface area contributed by atoms with Crippen molar-refractivity contribution < 1.29 is 13.2 Å². The number of hydrazine groups is 1. The molecule has 0 radical (unpaired) electrons. The van der Waals surface area contributed by atoms with E-state index < -0.39 is 11.7 Å². The van der Waals surface area contributed by atoms with Crippen LogP contribution in [0.4, 0.5) is 18.9 Å². The lowest BCUT2D eigenvalue weighted by atomic mass is 10.2. The van der Waals surface area contributed by atoms with Crippen molar-refractivity contribution in [3.63, 3.8) is 0 Å². The summed E-state index contributed by atoms with van der Waals surface area (Å²) in [5.74, 6) is 4.98. The van der Waals surface area contributed by atoms with E-state index in [9.17, 15) is 13.2 Å². The van der Waals surface area contributed by atoms with Gasteiger partial charge in [0.05, 0.1) is 5.56 Å². The lowest BCUT2D eigenvalue weighted by molar-refractivity contribution is -0.137. The standard InChI is InChI=1S/C7H7F3N2.ClH/c8-7(9,10)5-1-3-6(12-11)4-2-5;/h1-4,12H,11H2;1H. The predicted octanol–water partition coefficient (Wildman–Crippen LogP) is 2.41. The first-order chi connectivity index (χ1) is 5.54. The van der Waals surface area contributed by atoms with Crippen LogP contribution in [0, 0.1) is 0 Å². The van der Waals surface area contributed by atoms with Gasteiger partial charge in [0.15, 0.2) is 0 Å². The minimum atomic E-state index is -4.28. The van der Waals surface area contributed by atoms with Crippen LogP contribution < -0.4 is 11.3 Å². The van der Waals surface area contributed by atoms with Gasteiger partial charge in [-0.2, -0.15) is 13.2 Å². The van der Waals surface area contributed by atoms with Crippen LogP contribution in [0.2, 0.25) is 0 Å². The summed E-state index contributed by atoms with van der Waals surface area (Å²) >= 11 is 0. The Morgan fingerprint density at radius 3 is 1.85 bits per heavy atom. The molecule has 13 heavy (non-hydrogen) atoms. The number of rotatable bonds is 1. The first-order valence-electron chi connectivity index (χ1n) is 3.18. The lowest BCUT2D eigenvalue weighted by Crippen LogP contribution is -2.08. The van der Waals surface area contributed by atoms with Crippen molar-refractivity contribution in [3.8, 4) is 0 Å². The van der Waals surface area contributed by atoms with Gasteiger partial charge in [-0.15, -0.1) is 12.4 Å². The summed E-state index contributed by atoms with van der Waals surface area (Å²) in [6.07, 6.45) is -4.28. The fraction of sp³-hybridized carbons (Fsp3) is 0.143. The van der Waals surface area contributed by atoms with E-state index in [-0.39, 0.29) is 12.4 Å². The number of nitrogens with two attached hydrogens (primary N) is 1. The van der Waals surface area contributed by atoms with Crippen molar-refractivity contribution in [3.05, 3.63) is 29.8 Å². The lowest BCUT2D eigenvalue weighted by Gasteiger charge is -2.06. The van der Waals surface area contributed by atoms with Crippen molar-refractivity contribution in [2.75, 3.05) is 5.43 Å². The molecule has 1 aromatic rings. The van der Waals surface area contributed by atoms with Crippen LogP contribution in [0.5, 0.6) is 0 Å². The first kappa shape index (κ1) is 12.1. The van der Waals surface area contributed by atoms with Crippen molar-refractivity contribution in [1.29, 1.82) is 0 Å². The number of anilines is 1. The molecule has 3 N–H and O–H groups in total. The van der Waals surface area contributed by atoms with E-state index in [2.05, 4.69) is 5.43 Å². The fourth-order valence-corrected chi connectivity index (χ4v) is 0.755. The molecule has 6 heteroatoms. The van der Waals surface area contributed by atoms with Crippen molar-refractivity contribution in [2.24, 2.45) is 5.84 Å². The topological polar surface area (TPSA) is 38.0 Å². The molecule has 0 fully saturated rings. The highest BCUT2D eigenvalue weighted by molar-refractivity contribution is 5.85. The van der Waals surface area contributed by atoms with E-state index in [1.54, 1.807) is 0 Å². The maximum Gasteiger partial charge on any atom is 0.416 e. The zero-order valence-corrected chi connectivity index (χ0v) is 7.25. The van der Waals surface area contributed by atoms with E-state index in [4.69, 9.17) is 5.84 Å². The second-order valence-corrected chi connectivity index (χ2v) is 2.22. The van der Waals surface area contributed by atoms with Gasteiger partial charge in [-0.05, 0) is 24.3 Å². The third kappa shape index (κ3) is 3.12. The zero-order valence-electron chi connectivity index (χ0n) is 6.43. The monoisotopic (exact) mass is 212 g/mol. The second-order valence-electron chi connectivity index (χ2n) is 2.22. The Labute approximate surface area is 79.3 Å². The Balaban J connectivity index is 0.00000144. The summed E-state index contributed by atoms with van der Waals surface area (Å²) in [6, 6.07) is 4.47. The molecule has 0 saturated carbocycles. The van der Waals surface area contributed by atoms with E-state index in [0.717, 1.165) is 12.1 Å². The highest BCUT2D eigenvalue weighted by Crippen LogP contribution is 2.29. The van der Waals surface area contributed by atoms with E-state index in [1.165, 1.54) is 12.1 Å². The van der Waals surface area contributed by atoms with E-state index >= 15 is 0 Å². The van der Waals surface area contributed by atoms with Crippen LogP contribution in [0.3, 0.4) is 0 Å². The van der Waals surface area contributed by atoms with Gasteiger partial charge in [-0.25, -0.2) is 0 Å². The molecular formula is C7H8ClF3N2. The van der Waals surface area contributed by atoms with Crippen LogP contribution in [0.1, 0.15) is 5.56 Å². The molecule has 0 amide bonds. The molecule has 0 atom stereocenters. The maximum atomic E-state index is 12.0. The molecule has 1 rings (SSSR count). The summed E-state index contributed by atoms with van der Waals surface area (Å²) in [7, 11) is 0. The average Bonchev–Trinajstić information content (AvgIpc) is 2.03. The molecular weight excluding hydrogens is 205 g/mol. The molecule has 0 heterocycles. The predicted molar refractivity (Wildman–Crippen MR) is 46.5 cm³/mol. The van der Waals surface area contributed by atoms with E-state index in [1.807, 2.05) is 0 Å². The molecule has 0 spiro atoms. The Morgan fingerprint density at radius 2 is 1.54 bits per heavy atom. The number of benzene rings is 1. The number of nitrogen functional groups attached to an aromatic ring is 1. The van der Waals surface area contributed by atoms with Crippen LogP contribution in [-0.4, -0.2) is 0 Å². The van der Waals surface area contributed by atoms with Crippen LogP contribution >= 0.6 is 12.4 Å². The first-order valence-corrected chi connectivity index (χ1v) is 3.18. The smallest absolute Gasteiger partial charge is 0.324 e. The Hall–Kier alpha value is -0.940. The number of nitrogens with one attached hydrogen (secondary N) is 1. The maximum absolute atomic E-state index is 12.0. The van der Waals surface area contributed by atoms with Crippen LogP contribution in [0.15, 0.2) is 24.3 Å². The molecule has 0 aliphatic rings. The largest absolute Gasteiger partial charge is 0.416 e. The molecule has 0 saturated heterocycles. The number of hydrogen-bond acceptors (Lipinski definition) is 2. The molecule has 0 aliphatic carbocycles. The van der Waals surface area contributed by atoms with Gasteiger partial charge in [0.25, 0.3) is 0 Å². The molecule has 1 aromatic carbocycles. The molecule has 0 aliphatic heterocycles. The highest BCUT2D eigenvalue weighted by atomic mass is 35.5. The van der Waals surface area contributed by atoms with Crippen molar-refractivity contribution in [2.45, 2.75) is 6.18 Å². The van der Waals surface area contributed by atoms with Gasteiger partial charge < -0.3 is 5.43 Å². The molecule has 0 unspecified atom stereocenters. The zero-order chi connectivity index (χ0) is 9.19. The summed E-state index contributed by atoms with van der Waals surface area (Å²) in [5.41, 5.74) is 2.01. The van der Waals surface area contributed by atoms with Gasteiger partial charge in [0.1, 0.15) is 0 Å². The van der Waals surface area contributed by atoms with Crippen LogP contribution in [-0.2, 0) is 6.18 Å². The van der Waals surface area contributed by atoms with Gasteiger partial charge in [0.2, 0.25) is 0 Å². The normalized spacial score (nSPS) is 10.5. The molecule has 0 bridgehead atoms. The highest BCUT2D eigenvalue weighted by Gasteiger charge is 2.29. The van der Waals surface area contributed by atoms with Crippen molar-refractivity contribution >= 4 is 18.1 Å². The van der Waals surface area contributed by atoms with Gasteiger partial charge >= 0.3 is 6.18 Å². The fourth-order valence-electron chi connectivity index (χ4n) is 0.755. The molecule has 0 aromatic heterocycles. The molecule has 74 valence electrons. The number of alkyl halides is 3. The Morgan fingerprint density at radius 1 is 1.08 bits per heavy atom. The number of halogens is 4. The average molecular weight is 213 g/mol. The number of hydrogen-bond donors (Lipinski definition) is 2. The summed E-state index contributed by atoms with van der Waals surface area (Å²) in [5, 5.41) is 0. The quantitative estimate of drug-likeness (QED) is 0.554. The summed E-state index contributed by atoms with van der Waals surface area (Å²) < 4.78 is 35.9. The summed E-state index contributed by atoms with van der Waals surface area (Å²) in [4.78, 5) is 0. The van der Waals surface area contributed by atoms with E-state index in [0.29, 0.717) is 5.69 Å². The molecule has 2 nitrogen and oxygen atoms in total. The third-order valence-corrected chi connectivity index (χ3v) is 1.38. The Bertz CT molecular complexity index is 257. The Kier molecular flexibility index (Phi) is 4.03. The van der Waals surface area contributed by atoms with Crippen molar-refractivity contribution in [1.82, 2.24) is 0 Å². The SMILES string of the molecule is Cl.NNc1ccc(C(F)(F)F)cc1. The van der Waals surface area contributed by atoms with Gasteiger partial charge in [-0.3, -0.25) is 5.84 Å².